The molecular formula is C19H22ClN3O3S. The van der Waals surface area contributed by atoms with Gasteiger partial charge in [-0.3, -0.25) is 4.79 Å². The molecule has 0 unspecified atom stereocenters. The molecule has 0 fully saturated rings. The van der Waals surface area contributed by atoms with Crippen LogP contribution in [0.1, 0.15) is 17.5 Å². The second-order valence-electron chi connectivity index (χ2n) is 6.53. The molecule has 0 saturated heterocycles. The van der Waals surface area contributed by atoms with Crippen LogP contribution in [0.25, 0.3) is 0 Å². The first-order valence-electron chi connectivity index (χ1n) is 8.67. The number of hydrogen-bond donors (Lipinski definition) is 2. The lowest BCUT2D eigenvalue weighted by molar-refractivity contribution is -0.115. The number of rotatable bonds is 5. The number of amides is 1. The van der Waals surface area contributed by atoms with Gasteiger partial charge >= 0.3 is 0 Å². The summed E-state index contributed by atoms with van der Waals surface area (Å²) in [6.07, 6.45) is 1.90. The number of benzene rings is 2. The Morgan fingerprint density at radius 2 is 2.00 bits per heavy atom. The van der Waals surface area contributed by atoms with E-state index in [1.807, 2.05) is 23.1 Å². The van der Waals surface area contributed by atoms with Crippen LogP contribution >= 0.6 is 11.6 Å². The van der Waals surface area contributed by atoms with Gasteiger partial charge in [0.2, 0.25) is 15.9 Å². The molecule has 27 heavy (non-hydrogen) atoms. The topological polar surface area (TPSA) is 78.5 Å². The van der Waals surface area contributed by atoms with E-state index in [0.717, 1.165) is 30.6 Å². The fourth-order valence-corrected chi connectivity index (χ4v) is 4.45. The zero-order chi connectivity index (χ0) is 19.6. The summed E-state index contributed by atoms with van der Waals surface area (Å²) >= 11 is 6.06. The zero-order valence-corrected chi connectivity index (χ0v) is 16.8. The van der Waals surface area contributed by atoms with Crippen LogP contribution in [-0.2, 0) is 21.2 Å². The van der Waals surface area contributed by atoms with E-state index in [1.54, 1.807) is 19.1 Å². The Morgan fingerprint density at radius 1 is 1.22 bits per heavy atom. The van der Waals surface area contributed by atoms with Gasteiger partial charge in [0, 0.05) is 22.9 Å². The second kappa shape index (κ2) is 7.88. The predicted molar refractivity (Wildman–Crippen MR) is 108 cm³/mol. The number of fused-ring (bicyclic) bond motifs is 1. The lowest BCUT2D eigenvalue weighted by atomic mass is 10.0. The van der Waals surface area contributed by atoms with Crippen molar-refractivity contribution in [1.82, 2.24) is 4.72 Å². The zero-order valence-electron chi connectivity index (χ0n) is 15.3. The molecule has 0 atom stereocenters. The predicted octanol–water partition coefficient (Wildman–Crippen LogP) is 2.95. The number of anilines is 2. The maximum atomic E-state index is 12.5. The van der Waals surface area contributed by atoms with Crippen LogP contribution in [0.2, 0.25) is 5.02 Å². The van der Waals surface area contributed by atoms with E-state index in [9.17, 15) is 13.2 Å². The number of aryl methyl sites for hydroxylation is 2. The summed E-state index contributed by atoms with van der Waals surface area (Å²) in [6, 6.07) is 10.6. The van der Waals surface area contributed by atoms with Gasteiger partial charge in [-0.25, -0.2) is 13.1 Å². The smallest absolute Gasteiger partial charge is 0.243 e. The van der Waals surface area contributed by atoms with E-state index in [-0.39, 0.29) is 17.3 Å². The van der Waals surface area contributed by atoms with Crippen LogP contribution in [0, 0.1) is 6.92 Å². The third kappa shape index (κ3) is 4.43. The molecule has 2 aromatic carbocycles. The Balaban J connectivity index is 1.75. The normalized spacial score (nSPS) is 14.0. The largest absolute Gasteiger partial charge is 0.362 e. The molecule has 0 saturated carbocycles. The van der Waals surface area contributed by atoms with E-state index >= 15 is 0 Å². The van der Waals surface area contributed by atoms with E-state index in [4.69, 9.17) is 11.6 Å². The van der Waals surface area contributed by atoms with E-state index in [1.165, 1.54) is 13.1 Å². The summed E-state index contributed by atoms with van der Waals surface area (Å²) in [5.74, 6) is -0.200. The fourth-order valence-electron chi connectivity index (χ4n) is 3.26. The first kappa shape index (κ1) is 19.7. The highest BCUT2D eigenvalue weighted by Gasteiger charge is 2.20. The van der Waals surface area contributed by atoms with E-state index in [2.05, 4.69) is 10.0 Å². The molecule has 1 amide bonds. The highest BCUT2D eigenvalue weighted by molar-refractivity contribution is 7.89. The molecule has 1 heterocycles. The standard InChI is InChI=1S/C19H22ClN3O3S/c1-13-5-7-16(11-18(13)27(25,26)21-2)22-19(24)12-23-9-3-4-14-10-15(20)6-8-17(14)23/h5-8,10-11,21H,3-4,9,12H2,1-2H3,(H,22,24). The molecule has 6 nitrogen and oxygen atoms in total. The summed E-state index contributed by atoms with van der Waals surface area (Å²) in [5.41, 5.74) is 3.22. The molecule has 1 aliphatic rings. The monoisotopic (exact) mass is 407 g/mol. The molecule has 144 valence electrons. The van der Waals surface area contributed by atoms with Gasteiger partial charge in [-0.15, -0.1) is 0 Å². The number of nitrogens with one attached hydrogen (secondary N) is 2. The molecule has 0 bridgehead atoms. The Hall–Kier alpha value is -2.09. The minimum absolute atomic E-state index is 0.153. The molecular weight excluding hydrogens is 386 g/mol. The van der Waals surface area contributed by atoms with Crippen LogP contribution in [0.15, 0.2) is 41.3 Å². The van der Waals surface area contributed by atoms with Crippen molar-refractivity contribution in [2.75, 3.05) is 30.4 Å². The van der Waals surface area contributed by atoms with Crippen molar-refractivity contribution in [2.24, 2.45) is 0 Å². The summed E-state index contributed by atoms with van der Waals surface area (Å²) in [4.78, 5) is 14.7. The van der Waals surface area contributed by atoms with Crippen molar-refractivity contribution in [3.05, 3.63) is 52.5 Å². The van der Waals surface area contributed by atoms with Crippen molar-refractivity contribution in [3.63, 3.8) is 0 Å². The lowest BCUT2D eigenvalue weighted by Gasteiger charge is -2.30. The number of nitrogens with zero attached hydrogens (tertiary/aromatic N) is 1. The summed E-state index contributed by atoms with van der Waals surface area (Å²) < 4.78 is 26.5. The molecule has 3 rings (SSSR count). The van der Waals surface area contributed by atoms with E-state index in [0.29, 0.717) is 16.3 Å². The first-order chi connectivity index (χ1) is 12.8. The molecule has 1 aliphatic heterocycles. The Morgan fingerprint density at radius 3 is 2.74 bits per heavy atom. The maximum absolute atomic E-state index is 12.5. The highest BCUT2D eigenvalue weighted by Crippen LogP contribution is 2.29. The van der Waals surface area contributed by atoms with Gasteiger partial charge in [0.1, 0.15) is 0 Å². The van der Waals surface area contributed by atoms with Crippen molar-refractivity contribution in [3.8, 4) is 0 Å². The SMILES string of the molecule is CNS(=O)(=O)c1cc(NC(=O)CN2CCCc3cc(Cl)ccc32)ccc1C. The molecule has 0 spiro atoms. The minimum atomic E-state index is -3.58. The van der Waals surface area contributed by atoms with Crippen molar-refractivity contribution < 1.29 is 13.2 Å². The summed E-state index contributed by atoms with van der Waals surface area (Å²) in [6.45, 7) is 2.69. The molecule has 0 radical (unpaired) electrons. The average Bonchev–Trinajstić information content (AvgIpc) is 2.63. The van der Waals surface area contributed by atoms with Gasteiger partial charge in [-0.2, -0.15) is 0 Å². The quantitative estimate of drug-likeness (QED) is 0.798. The fraction of sp³-hybridized carbons (Fsp3) is 0.316. The molecule has 2 aromatic rings. The minimum Gasteiger partial charge on any atom is -0.362 e. The van der Waals surface area contributed by atoms with Gasteiger partial charge < -0.3 is 10.2 Å². The third-order valence-corrected chi connectivity index (χ3v) is 6.41. The lowest BCUT2D eigenvalue weighted by Crippen LogP contribution is -2.36. The van der Waals surface area contributed by atoms with Crippen molar-refractivity contribution in [2.45, 2.75) is 24.7 Å². The average molecular weight is 408 g/mol. The van der Waals surface area contributed by atoms with Crippen molar-refractivity contribution in [1.29, 1.82) is 0 Å². The second-order valence-corrected chi connectivity index (χ2v) is 8.83. The first-order valence-corrected chi connectivity index (χ1v) is 10.5. The van der Waals surface area contributed by atoms with Crippen LogP contribution < -0.4 is 14.9 Å². The Kier molecular flexibility index (Phi) is 5.74. The van der Waals surface area contributed by atoms with Crippen LogP contribution in [-0.4, -0.2) is 34.5 Å². The van der Waals surface area contributed by atoms with Gasteiger partial charge in [-0.05, 0) is 68.3 Å². The van der Waals surface area contributed by atoms with Crippen molar-refractivity contribution >= 4 is 38.9 Å². The molecule has 2 N–H and O–H groups in total. The summed E-state index contributed by atoms with van der Waals surface area (Å²) in [5, 5.41) is 3.49. The number of sulfonamides is 1. The number of halogens is 1. The van der Waals surface area contributed by atoms with Crippen LogP contribution in [0.3, 0.4) is 0 Å². The highest BCUT2D eigenvalue weighted by atomic mass is 35.5. The van der Waals surface area contributed by atoms with Crippen LogP contribution in [0.4, 0.5) is 11.4 Å². The summed E-state index contributed by atoms with van der Waals surface area (Å²) in [7, 11) is -2.22. The Bertz CT molecular complexity index is 976. The molecule has 0 aliphatic carbocycles. The number of hydrogen-bond acceptors (Lipinski definition) is 4. The van der Waals surface area contributed by atoms with Crippen LogP contribution in [0.5, 0.6) is 0 Å². The number of carbonyl (C=O) groups excluding carboxylic acids is 1. The molecule has 8 heteroatoms. The van der Waals surface area contributed by atoms with Gasteiger partial charge in [0.05, 0.1) is 11.4 Å². The molecule has 0 aromatic heterocycles. The van der Waals surface area contributed by atoms with E-state index < -0.39 is 10.0 Å². The maximum Gasteiger partial charge on any atom is 0.243 e. The van der Waals surface area contributed by atoms with Gasteiger partial charge in [0.15, 0.2) is 0 Å². The van der Waals surface area contributed by atoms with Gasteiger partial charge in [0.25, 0.3) is 0 Å². The van der Waals surface area contributed by atoms with Gasteiger partial charge in [-0.1, -0.05) is 17.7 Å². The Labute approximate surface area is 164 Å². The third-order valence-electron chi connectivity index (χ3n) is 4.62. The number of carbonyl (C=O) groups is 1.